The molecule has 3 rings (SSSR count). The maximum atomic E-state index is 13.1. The quantitative estimate of drug-likeness (QED) is 0.718. The number of rotatable bonds is 1. The number of ether oxygens (including phenoxy) is 1. The number of imide groups is 1. The molecule has 2 amide bonds. The molecule has 5 heteroatoms. The molecule has 0 radical (unpaired) electrons. The molecular formula is C19H18ClNO3. The van der Waals surface area contributed by atoms with Gasteiger partial charge in [0.15, 0.2) is 4.87 Å². The van der Waals surface area contributed by atoms with Gasteiger partial charge in [-0.2, -0.15) is 0 Å². The fourth-order valence-electron chi connectivity index (χ4n) is 2.77. The third kappa shape index (κ3) is 2.57. The van der Waals surface area contributed by atoms with Crippen molar-refractivity contribution in [2.75, 3.05) is 4.90 Å². The van der Waals surface area contributed by atoms with E-state index in [0.29, 0.717) is 16.8 Å². The maximum Gasteiger partial charge on any atom is 0.421 e. The van der Waals surface area contributed by atoms with E-state index < -0.39 is 22.5 Å². The van der Waals surface area contributed by atoms with Gasteiger partial charge in [0.25, 0.3) is 5.91 Å². The minimum Gasteiger partial charge on any atom is -0.443 e. The van der Waals surface area contributed by atoms with Crippen molar-refractivity contribution in [1.82, 2.24) is 0 Å². The lowest BCUT2D eigenvalue weighted by Crippen LogP contribution is -2.43. The Morgan fingerprint density at radius 2 is 1.62 bits per heavy atom. The molecule has 1 heterocycles. The standard InChI is InChI=1S/C19H18ClNO3/c1-18(2,3)24-17(23)21-15-12-8-7-11-14(15)19(20,16(21)22)13-9-5-4-6-10-13/h4-12H,1-3H3. The predicted octanol–water partition coefficient (Wildman–Crippen LogP) is 4.45. The Labute approximate surface area is 146 Å². The number of fused-ring (bicyclic) bond motifs is 1. The smallest absolute Gasteiger partial charge is 0.421 e. The molecule has 24 heavy (non-hydrogen) atoms. The number of hydrogen-bond acceptors (Lipinski definition) is 3. The lowest BCUT2D eigenvalue weighted by Gasteiger charge is -2.25. The van der Waals surface area contributed by atoms with Crippen LogP contribution in [-0.2, 0) is 14.4 Å². The Hall–Kier alpha value is -2.33. The number of carbonyl (C=O) groups is 2. The summed E-state index contributed by atoms with van der Waals surface area (Å²) in [7, 11) is 0. The summed E-state index contributed by atoms with van der Waals surface area (Å²) in [5.41, 5.74) is 0.941. The van der Waals surface area contributed by atoms with E-state index in [1.165, 1.54) is 0 Å². The molecule has 2 aromatic rings. The van der Waals surface area contributed by atoms with Crippen molar-refractivity contribution in [3.63, 3.8) is 0 Å². The summed E-state index contributed by atoms with van der Waals surface area (Å²) in [5, 5.41) is 0. The summed E-state index contributed by atoms with van der Waals surface area (Å²) < 4.78 is 5.39. The number of para-hydroxylation sites is 1. The third-order valence-corrected chi connectivity index (χ3v) is 4.35. The van der Waals surface area contributed by atoms with Crippen molar-refractivity contribution in [2.24, 2.45) is 0 Å². The zero-order valence-corrected chi connectivity index (χ0v) is 14.5. The molecule has 1 unspecified atom stereocenters. The Balaban J connectivity index is 2.13. The molecule has 1 atom stereocenters. The van der Waals surface area contributed by atoms with Gasteiger partial charge >= 0.3 is 6.09 Å². The number of amides is 2. The summed E-state index contributed by atoms with van der Waals surface area (Å²) in [6.45, 7) is 5.26. The summed E-state index contributed by atoms with van der Waals surface area (Å²) in [5.74, 6) is -0.522. The van der Waals surface area contributed by atoms with Gasteiger partial charge in [0, 0.05) is 5.56 Å². The monoisotopic (exact) mass is 343 g/mol. The normalized spacial score (nSPS) is 20.0. The average Bonchev–Trinajstić information content (AvgIpc) is 2.76. The molecule has 0 spiro atoms. The van der Waals surface area contributed by atoms with Crippen molar-refractivity contribution >= 4 is 29.3 Å². The first-order valence-corrected chi connectivity index (χ1v) is 8.04. The molecule has 0 N–H and O–H groups in total. The van der Waals surface area contributed by atoms with Gasteiger partial charge in [-0.15, -0.1) is 0 Å². The van der Waals surface area contributed by atoms with Crippen LogP contribution in [-0.4, -0.2) is 17.6 Å². The van der Waals surface area contributed by atoms with Crippen LogP contribution >= 0.6 is 11.6 Å². The van der Waals surface area contributed by atoms with Gasteiger partial charge in [-0.3, -0.25) is 4.79 Å². The maximum absolute atomic E-state index is 13.1. The number of hydrogen-bond donors (Lipinski definition) is 0. The Kier molecular flexibility index (Phi) is 3.88. The van der Waals surface area contributed by atoms with E-state index in [-0.39, 0.29) is 0 Å². The van der Waals surface area contributed by atoms with Crippen LogP contribution in [0, 0.1) is 0 Å². The van der Waals surface area contributed by atoms with Crippen LogP contribution in [0.3, 0.4) is 0 Å². The minimum absolute atomic E-state index is 0.454. The number of anilines is 1. The topological polar surface area (TPSA) is 46.6 Å². The number of nitrogens with zero attached hydrogens (tertiary/aromatic N) is 1. The first-order valence-electron chi connectivity index (χ1n) is 7.66. The van der Waals surface area contributed by atoms with Gasteiger partial charge in [-0.05, 0) is 32.4 Å². The highest BCUT2D eigenvalue weighted by molar-refractivity contribution is 6.44. The zero-order valence-electron chi connectivity index (χ0n) is 13.7. The molecule has 0 saturated carbocycles. The predicted molar refractivity (Wildman–Crippen MR) is 93.2 cm³/mol. The van der Waals surface area contributed by atoms with E-state index in [9.17, 15) is 9.59 Å². The van der Waals surface area contributed by atoms with Gasteiger partial charge in [-0.25, -0.2) is 9.69 Å². The van der Waals surface area contributed by atoms with Crippen LogP contribution in [0.25, 0.3) is 0 Å². The molecular weight excluding hydrogens is 326 g/mol. The number of alkyl halides is 1. The van der Waals surface area contributed by atoms with E-state index in [4.69, 9.17) is 16.3 Å². The molecule has 1 aliphatic rings. The van der Waals surface area contributed by atoms with Crippen LogP contribution in [0.2, 0.25) is 0 Å². The van der Waals surface area contributed by atoms with Crippen molar-refractivity contribution in [2.45, 2.75) is 31.2 Å². The van der Waals surface area contributed by atoms with Crippen LogP contribution < -0.4 is 4.90 Å². The highest BCUT2D eigenvalue weighted by Crippen LogP contribution is 2.49. The second-order valence-corrected chi connectivity index (χ2v) is 7.23. The molecule has 4 nitrogen and oxygen atoms in total. The van der Waals surface area contributed by atoms with E-state index in [1.54, 1.807) is 57.2 Å². The SMILES string of the molecule is CC(C)(C)OC(=O)N1C(=O)C(Cl)(c2ccccc2)c2ccccc21. The van der Waals surface area contributed by atoms with Crippen LogP contribution in [0.15, 0.2) is 54.6 Å². The minimum atomic E-state index is -1.44. The molecule has 0 bridgehead atoms. The Morgan fingerprint density at radius 3 is 2.25 bits per heavy atom. The highest BCUT2D eigenvalue weighted by Gasteiger charge is 2.53. The van der Waals surface area contributed by atoms with E-state index >= 15 is 0 Å². The van der Waals surface area contributed by atoms with Gasteiger partial charge < -0.3 is 4.74 Å². The van der Waals surface area contributed by atoms with Gasteiger partial charge in [0.05, 0.1) is 5.69 Å². The fourth-order valence-corrected chi connectivity index (χ4v) is 3.14. The van der Waals surface area contributed by atoms with Crippen LogP contribution in [0.5, 0.6) is 0 Å². The summed E-state index contributed by atoms with van der Waals surface area (Å²) >= 11 is 6.79. The number of carbonyl (C=O) groups excluding carboxylic acids is 2. The summed E-state index contributed by atoms with van der Waals surface area (Å²) in [6.07, 6.45) is -0.724. The highest BCUT2D eigenvalue weighted by atomic mass is 35.5. The number of halogens is 1. The second kappa shape index (κ2) is 5.64. The molecule has 0 saturated heterocycles. The average molecular weight is 344 g/mol. The third-order valence-electron chi connectivity index (χ3n) is 3.76. The van der Waals surface area contributed by atoms with Crippen molar-refractivity contribution < 1.29 is 14.3 Å². The van der Waals surface area contributed by atoms with Crippen molar-refractivity contribution in [3.05, 3.63) is 65.7 Å². The largest absolute Gasteiger partial charge is 0.443 e. The van der Waals surface area contributed by atoms with Crippen LogP contribution in [0.4, 0.5) is 10.5 Å². The Bertz CT molecular complexity index is 798. The molecule has 0 aliphatic carbocycles. The van der Waals surface area contributed by atoms with Crippen molar-refractivity contribution in [1.29, 1.82) is 0 Å². The number of benzene rings is 2. The summed E-state index contributed by atoms with van der Waals surface area (Å²) in [6, 6.07) is 16.0. The molecule has 124 valence electrons. The first-order chi connectivity index (χ1) is 11.2. The zero-order chi connectivity index (χ0) is 17.5. The second-order valence-electron chi connectivity index (χ2n) is 6.66. The first kappa shape index (κ1) is 16.5. The summed E-state index contributed by atoms with van der Waals surface area (Å²) in [4.78, 5) is 25.3. The molecule has 2 aromatic carbocycles. The van der Waals surface area contributed by atoms with E-state index in [0.717, 1.165) is 4.90 Å². The fraction of sp³-hybridized carbons (Fsp3) is 0.263. The molecule has 0 aromatic heterocycles. The van der Waals surface area contributed by atoms with Gasteiger partial charge in [0.2, 0.25) is 0 Å². The Morgan fingerprint density at radius 1 is 1.04 bits per heavy atom. The lowest BCUT2D eigenvalue weighted by molar-refractivity contribution is -0.119. The van der Waals surface area contributed by atoms with Crippen LogP contribution in [0.1, 0.15) is 31.9 Å². The van der Waals surface area contributed by atoms with E-state index in [2.05, 4.69) is 0 Å². The lowest BCUT2D eigenvalue weighted by atomic mass is 9.92. The molecule has 0 fully saturated rings. The van der Waals surface area contributed by atoms with Gasteiger partial charge in [0.1, 0.15) is 5.60 Å². The molecule has 1 aliphatic heterocycles. The van der Waals surface area contributed by atoms with Gasteiger partial charge in [-0.1, -0.05) is 60.1 Å². The van der Waals surface area contributed by atoms with E-state index in [1.807, 2.05) is 18.2 Å². The van der Waals surface area contributed by atoms with Crippen molar-refractivity contribution in [3.8, 4) is 0 Å².